The number of nitrogens with zero attached hydrogens (tertiary/aromatic N) is 1. The Labute approximate surface area is 174 Å². The number of H-pyrrole nitrogens is 1. The van der Waals surface area contributed by atoms with E-state index in [4.69, 9.17) is 20.4 Å². The van der Waals surface area contributed by atoms with Crippen LogP contribution in [0.3, 0.4) is 0 Å². The number of guanidine groups is 1. The Kier molecular flexibility index (Phi) is 11.1. The van der Waals surface area contributed by atoms with Gasteiger partial charge < -0.3 is 25.3 Å². The largest absolute Gasteiger partial charge is 0.497 e. The van der Waals surface area contributed by atoms with Crippen LogP contribution in [-0.4, -0.2) is 53.0 Å². The molecule has 0 aliphatic heterocycles. The molecule has 10 heteroatoms. The van der Waals surface area contributed by atoms with Crippen molar-refractivity contribution in [3.05, 3.63) is 30.0 Å². The normalized spacial score (nSPS) is 10.3. The number of carbonyl (C=O) groups is 2. The second kappa shape index (κ2) is 13.6. The zero-order valence-electron chi connectivity index (χ0n) is 17.2. The molecular formula is C20H29N5O5. The standard InChI is InChI=1S/C16H23N5O.C4H6O4/c1-3-4-5-8-18-16(17)21-20-11-12-10-19-15-7-6-13(22-2)9-14(12)15;5-3(6)1-2-4(7)8/h6-7,9-11,19H,3-5,8H2,1-2H3,(H3,17,18,21);1-2H2,(H,5,6)(H,7,8)/b20-11+;. The number of fused-ring (bicyclic) bond motifs is 1. The minimum Gasteiger partial charge on any atom is -0.497 e. The predicted octanol–water partition coefficient (Wildman–Crippen LogP) is 2.75. The van der Waals surface area contributed by atoms with E-state index in [0.29, 0.717) is 0 Å². The molecule has 2 rings (SSSR count). The highest BCUT2D eigenvalue weighted by molar-refractivity contribution is 5.99. The fourth-order valence-corrected chi connectivity index (χ4v) is 2.36. The lowest BCUT2D eigenvalue weighted by molar-refractivity contribution is -0.143. The van der Waals surface area contributed by atoms with E-state index < -0.39 is 11.9 Å². The van der Waals surface area contributed by atoms with Crippen molar-refractivity contribution in [2.24, 2.45) is 5.10 Å². The van der Waals surface area contributed by atoms with E-state index in [1.54, 1.807) is 13.3 Å². The summed E-state index contributed by atoms with van der Waals surface area (Å²) in [5.74, 6) is -1.13. The van der Waals surface area contributed by atoms with E-state index >= 15 is 0 Å². The molecule has 2 aromatic rings. The number of carboxylic acid groups (broad SMARTS) is 2. The van der Waals surface area contributed by atoms with Crippen LogP contribution in [0, 0.1) is 5.41 Å². The molecule has 164 valence electrons. The second-order valence-corrected chi connectivity index (χ2v) is 6.32. The van der Waals surface area contributed by atoms with Gasteiger partial charge in [0.2, 0.25) is 5.96 Å². The number of nitrogens with one attached hydrogen (secondary N) is 4. The lowest BCUT2D eigenvalue weighted by atomic mass is 10.2. The van der Waals surface area contributed by atoms with Crippen LogP contribution < -0.4 is 15.5 Å². The fraction of sp³-hybridized carbons (Fsp3) is 0.400. The van der Waals surface area contributed by atoms with Crippen molar-refractivity contribution in [2.75, 3.05) is 13.7 Å². The van der Waals surface area contributed by atoms with E-state index in [1.807, 2.05) is 24.4 Å². The van der Waals surface area contributed by atoms with Crippen LogP contribution in [0.25, 0.3) is 10.9 Å². The Morgan fingerprint density at radius 1 is 1.23 bits per heavy atom. The molecule has 0 amide bonds. The molecule has 1 aromatic carbocycles. The smallest absolute Gasteiger partial charge is 0.303 e. The number of unbranched alkanes of at least 4 members (excludes halogenated alkanes) is 2. The van der Waals surface area contributed by atoms with E-state index in [9.17, 15) is 9.59 Å². The zero-order valence-corrected chi connectivity index (χ0v) is 17.2. The summed E-state index contributed by atoms with van der Waals surface area (Å²) in [6.07, 6.45) is 6.39. The Hall–Kier alpha value is -3.56. The molecular weight excluding hydrogens is 390 g/mol. The molecule has 0 aliphatic carbocycles. The minimum absolute atomic E-state index is 0.213. The van der Waals surface area contributed by atoms with Gasteiger partial charge in [0, 0.05) is 29.2 Å². The van der Waals surface area contributed by atoms with Gasteiger partial charge in [0.15, 0.2) is 0 Å². The molecule has 0 saturated heterocycles. The molecule has 0 radical (unpaired) electrons. The highest BCUT2D eigenvalue weighted by Crippen LogP contribution is 2.22. The van der Waals surface area contributed by atoms with Gasteiger partial charge in [0.25, 0.3) is 0 Å². The van der Waals surface area contributed by atoms with Crippen molar-refractivity contribution in [1.82, 2.24) is 15.7 Å². The monoisotopic (exact) mass is 419 g/mol. The first-order valence-corrected chi connectivity index (χ1v) is 9.57. The van der Waals surface area contributed by atoms with Crippen molar-refractivity contribution in [1.29, 1.82) is 5.41 Å². The van der Waals surface area contributed by atoms with Crippen molar-refractivity contribution in [2.45, 2.75) is 39.0 Å². The number of carboxylic acids is 2. The molecule has 1 aromatic heterocycles. The first-order valence-electron chi connectivity index (χ1n) is 9.57. The number of hydrogen-bond acceptors (Lipinski definition) is 5. The Bertz CT molecular complexity index is 848. The molecule has 0 bridgehead atoms. The summed E-state index contributed by atoms with van der Waals surface area (Å²) in [5.41, 5.74) is 4.66. The van der Waals surface area contributed by atoms with E-state index in [-0.39, 0.29) is 18.8 Å². The predicted molar refractivity (Wildman–Crippen MR) is 115 cm³/mol. The molecule has 0 saturated carbocycles. The lowest BCUT2D eigenvalue weighted by Crippen LogP contribution is -2.33. The zero-order chi connectivity index (χ0) is 22.4. The topological polar surface area (TPSA) is 160 Å². The number of aromatic nitrogens is 1. The Morgan fingerprint density at radius 2 is 1.93 bits per heavy atom. The molecule has 0 aliphatic rings. The van der Waals surface area contributed by atoms with Gasteiger partial charge >= 0.3 is 11.9 Å². The quantitative estimate of drug-likeness (QED) is 0.149. The van der Waals surface area contributed by atoms with Gasteiger partial charge in [-0.05, 0) is 24.6 Å². The maximum atomic E-state index is 9.64. The molecule has 1 heterocycles. The van der Waals surface area contributed by atoms with Gasteiger partial charge in [-0.25, -0.2) is 5.43 Å². The SMILES string of the molecule is CCCCCNC(=N)N/N=C/c1c[nH]c2ccc(OC)cc12.O=C(O)CCC(=O)O. The number of methoxy groups -OCH3 is 1. The second-order valence-electron chi connectivity index (χ2n) is 6.32. The number of aliphatic carboxylic acids is 2. The molecule has 0 spiro atoms. The van der Waals surface area contributed by atoms with Crippen molar-refractivity contribution >= 4 is 35.0 Å². The van der Waals surface area contributed by atoms with Gasteiger partial charge in [-0.3, -0.25) is 15.0 Å². The molecule has 6 N–H and O–H groups in total. The van der Waals surface area contributed by atoms with Crippen LogP contribution in [-0.2, 0) is 9.59 Å². The first-order chi connectivity index (χ1) is 14.4. The number of hydrazone groups is 1. The number of ether oxygens (including phenoxy) is 1. The van der Waals surface area contributed by atoms with Crippen molar-refractivity contribution in [3.8, 4) is 5.75 Å². The van der Waals surface area contributed by atoms with Gasteiger partial charge in [-0.15, -0.1) is 0 Å². The average Bonchev–Trinajstić information content (AvgIpc) is 3.12. The molecule has 0 fully saturated rings. The highest BCUT2D eigenvalue weighted by Gasteiger charge is 2.03. The summed E-state index contributed by atoms with van der Waals surface area (Å²) < 4.78 is 5.24. The summed E-state index contributed by atoms with van der Waals surface area (Å²) in [4.78, 5) is 22.5. The maximum Gasteiger partial charge on any atom is 0.303 e. The Balaban J connectivity index is 0.000000479. The molecule has 10 nitrogen and oxygen atoms in total. The molecule has 0 atom stereocenters. The lowest BCUT2D eigenvalue weighted by Gasteiger charge is -2.05. The van der Waals surface area contributed by atoms with E-state index in [2.05, 4.69) is 27.8 Å². The Morgan fingerprint density at radius 3 is 2.53 bits per heavy atom. The van der Waals surface area contributed by atoms with Crippen LogP contribution in [0.2, 0.25) is 0 Å². The van der Waals surface area contributed by atoms with Gasteiger partial charge in [0.05, 0.1) is 26.2 Å². The van der Waals surface area contributed by atoms with Crippen molar-refractivity contribution in [3.63, 3.8) is 0 Å². The molecule has 30 heavy (non-hydrogen) atoms. The highest BCUT2D eigenvalue weighted by atomic mass is 16.5. The van der Waals surface area contributed by atoms with Crippen LogP contribution >= 0.6 is 0 Å². The summed E-state index contributed by atoms with van der Waals surface area (Å²) in [6, 6.07) is 5.84. The third-order valence-corrected chi connectivity index (χ3v) is 3.94. The van der Waals surface area contributed by atoms with E-state index in [0.717, 1.165) is 35.2 Å². The van der Waals surface area contributed by atoms with Crippen LogP contribution in [0.1, 0.15) is 44.6 Å². The summed E-state index contributed by atoms with van der Waals surface area (Å²) >= 11 is 0. The molecule has 0 unspecified atom stereocenters. The van der Waals surface area contributed by atoms with Gasteiger partial charge in [-0.2, -0.15) is 5.10 Å². The average molecular weight is 419 g/mol. The third-order valence-electron chi connectivity index (χ3n) is 3.94. The summed E-state index contributed by atoms with van der Waals surface area (Å²) in [7, 11) is 1.65. The third kappa shape index (κ3) is 9.58. The number of aromatic amines is 1. The number of benzene rings is 1. The van der Waals surface area contributed by atoms with E-state index in [1.165, 1.54) is 12.8 Å². The maximum absolute atomic E-state index is 9.64. The minimum atomic E-state index is -1.08. The first kappa shape index (κ1) is 24.5. The fourth-order valence-electron chi connectivity index (χ4n) is 2.36. The van der Waals surface area contributed by atoms with Gasteiger partial charge in [-0.1, -0.05) is 19.8 Å². The van der Waals surface area contributed by atoms with Crippen molar-refractivity contribution < 1.29 is 24.5 Å². The van der Waals surface area contributed by atoms with Crippen LogP contribution in [0.4, 0.5) is 0 Å². The van der Waals surface area contributed by atoms with Crippen LogP contribution in [0.15, 0.2) is 29.5 Å². The summed E-state index contributed by atoms with van der Waals surface area (Å²) in [6.45, 7) is 2.95. The number of hydrogen-bond donors (Lipinski definition) is 6. The van der Waals surface area contributed by atoms with Crippen LogP contribution in [0.5, 0.6) is 5.75 Å². The number of rotatable bonds is 10. The van der Waals surface area contributed by atoms with Gasteiger partial charge in [0.1, 0.15) is 5.75 Å². The summed E-state index contributed by atoms with van der Waals surface area (Å²) in [5, 5.41) is 31.6.